The summed E-state index contributed by atoms with van der Waals surface area (Å²) in [5.74, 6) is -0.559. The van der Waals surface area contributed by atoms with E-state index < -0.39 is 11.6 Å². The number of piperidine rings is 1. The monoisotopic (exact) mass is 407 g/mol. The minimum atomic E-state index is -0.781. The zero-order valence-electron chi connectivity index (χ0n) is 17.0. The summed E-state index contributed by atoms with van der Waals surface area (Å²) in [7, 11) is 1.69. The van der Waals surface area contributed by atoms with Gasteiger partial charge in [0.2, 0.25) is 0 Å². The third kappa shape index (κ3) is 3.25. The Morgan fingerprint density at radius 2 is 2.07 bits per heavy atom. The molecular formula is C22H25N5O3. The predicted octanol–water partition coefficient (Wildman–Crippen LogP) is -0.499. The lowest BCUT2D eigenvalue weighted by Crippen LogP contribution is -2.53. The lowest BCUT2D eigenvalue weighted by Gasteiger charge is -2.40. The van der Waals surface area contributed by atoms with Gasteiger partial charge in [-0.2, -0.15) is 5.10 Å². The van der Waals surface area contributed by atoms with Gasteiger partial charge in [0.1, 0.15) is 11.8 Å². The Hall–Kier alpha value is -2.87. The van der Waals surface area contributed by atoms with Crippen LogP contribution in [0.25, 0.3) is 6.08 Å². The van der Waals surface area contributed by atoms with Crippen molar-refractivity contribution >= 4 is 29.3 Å². The number of rotatable bonds is 4. The van der Waals surface area contributed by atoms with Crippen LogP contribution in [0.2, 0.25) is 0 Å². The van der Waals surface area contributed by atoms with Crippen molar-refractivity contribution < 1.29 is 14.7 Å². The van der Waals surface area contributed by atoms with E-state index in [1.165, 1.54) is 4.90 Å². The molecule has 156 valence electrons. The summed E-state index contributed by atoms with van der Waals surface area (Å²) in [6.45, 7) is 1.23. The highest BCUT2D eigenvalue weighted by atomic mass is 16.3. The number of fused-ring (bicyclic) bond motifs is 2. The van der Waals surface area contributed by atoms with E-state index in [1.807, 2.05) is 30.3 Å². The largest absolute Gasteiger partial charge is 0.388 e. The van der Waals surface area contributed by atoms with Crippen LogP contribution in [0, 0.1) is 5.92 Å². The molecule has 5 rings (SSSR count). The molecule has 4 aliphatic rings. The van der Waals surface area contributed by atoms with Gasteiger partial charge in [-0.3, -0.25) is 14.6 Å². The first-order valence-corrected chi connectivity index (χ1v) is 10.5. The van der Waals surface area contributed by atoms with Gasteiger partial charge >= 0.3 is 0 Å². The Bertz CT molecular complexity index is 1050. The Balaban J connectivity index is 1.28. The Kier molecular flexibility index (Phi) is 4.54. The van der Waals surface area contributed by atoms with Gasteiger partial charge in [-0.25, -0.2) is 0 Å². The lowest BCUT2D eigenvalue weighted by atomic mass is 9.80. The van der Waals surface area contributed by atoms with Crippen LogP contribution in [0.5, 0.6) is 0 Å². The molecule has 0 radical (unpaired) electrons. The molecule has 0 spiro atoms. The quantitative estimate of drug-likeness (QED) is 0.729. The van der Waals surface area contributed by atoms with E-state index in [-0.39, 0.29) is 17.7 Å². The first kappa shape index (κ1) is 19.1. The summed E-state index contributed by atoms with van der Waals surface area (Å²) in [6.07, 6.45) is 4.91. The molecule has 2 unspecified atom stereocenters. The topological polar surface area (TPSA) is 97.9 Å². The van der Waals surface area contributed by atoms with Gasteiger partial charge in [0, 0.05) is 33.1 Å². The molecule has 1 aromatic carbocycles. The standard InChI is InChI=1S/C22H25N5O3/c1-26(13-22(30)8-4-9-22)21(29)19-15-12-27(10-7-17(15)24-25-19)20(28)18-11-14-5-2-3-6-16(14)23-18/h2-3,5-6,11,15,18,30H,4,7-10,12-13H2,1H3. The number of nitrogens with zero attached hydrogens (tertiary/aromatic N) is 5. The number of hydrogen-bond donors (Lipinski definition) is 1. The highest BCUT2D eigenvalue weighted by Gasteiger charge is 2.42. The number of carbonyl (C=O) groups is 2. The molecule has 8 heteroatoms. The second kappa shape index (κ2) is 7.12. The molecule has 3 heterocycles. The van der Waals surface area contributed by atoms with E-state index in [1.54, 1.807) is 11.9 Å². The molecule has 8 nitrogen and oxygen atoms in total. The van der Waals surface area contributed by atoms with Gasteiger partial charge in [0.25, 0.3) is 11.8 Å². The molecule has 1 saturated carbocycles. The van der Waals surface area contributed by atoms with Crippen molar-refractivity contribution in [1.82, 2.24) is 9.80 Å². The fraction of sp³-hybridized carbons (Fsp3) is 0.500. The van der Waals surface area contributed by atoms with Gasteiger partial charge in [-0.1, -0.05) is 18.2 Å². The molecule has 0 aromatic heterocycles. The van der Waals surface area contributed by atoms with Crippen molar-refractivity contribution in [3.63, 3.8) is 0 Å². The van der Waals surface area contributed by atoms with E-state index in [4.69, 9.17) is 0 Å². The normalized spacial score (nSPS) is 25.7. The van der Waals surface area contributed by atoms with Crippen molar-refractivity contribution in [1.29, 1.82) is 0 Å². The maximum absolute atomic E-state index is 13.1. The maximum atomic E-state index is 13.1. The summed E-state index contributed by atoms with van der Waals surface area (Å²) >= 11 is 0. The molecule has 3 aliphatic heterocycles. The van der Waals surface area contributed by atoms with Gasteiger partial charge in [-0.15, -0.1) is 5.10 Å². The van der Waals surface area contributed by atoms with Crippen LogP contribution in [0.4, 0.5) is 0 Å². The molecule has 1 N–H and O–H groups in total. The minimum absolute atomic E-state index is 0.0546. The number of likely N-dealkylation sites (tertiary alicyclic amines) is 1. The van der Waals surface area contributed by atoms with Crippen LogP contribution in [0.1, 0.15) is 25.7 Å². The van der Waals surface area contributed by atoms with Crippen LogP contribution >= 0.6 is 0 Å². The second-order valence-corrected chi connectivity index (χ2v) is 8.70. The van der Waals surface area contributed by atoms with Crippen LogP contribution in [-0.2, 0) is 9.59 Å². The number of benzene rings is 1. The van der Waals surface area contributed by atoms with Crippen molar-refractivity contribution in [2.45, 2.75) is 37.3 Å². The lowest BCUT2D eigenvalue weighted by molar-refractivity contribution is -0.132. The minimum Gasteiger partial charge on any atom is -0.388 e. The van der Waals surface area contributed by atoms with Crippen LogP contribution in [-0.4, -0.2) is 76.5 Å². The average molecular weight is 407 g/mol. The zero-order chi connectivity index (χ0) is 20.9. The Morgan fingerprint density at radius 1 is 1.27 bits per heavy atom. The average Bonchev–Trinajstić information content (AvgIpc) is 3.35. The smallest absolute Gasteiger partial charge is 0.270 e. The van der Waals surface area contributed by atoms with E-state index in [0.717, 1.165) is 22.7 Å². The van der Waals surface area contributed by atoms with E-state index >= 15 is 0 Å². The zero-order valence-corrected chi connectivity index (χ0v) is 17.0. The van der Waals surface area contributed by atoms with E-state index in [2.05, 4.69) is 15.2 Å². The SMILES string of the molecule is CN(CC1(O)CCC1)C(=O)C1=NN=C2CCN(C(=O)C3C=c4ccccc4=N3)CC21. The van der Waals surface area contributed by atoms with Crippen molar-refractivity contribution in [2.24, 2.45) is 21.1 Å². The van der Waals surface area contributed by atoms with Crippen LogP contribution in [0.15, 0.2) is 39.5 Å². The summed E-state index contributed by atoms with van der Waals surface area (Å²) in [6, 6.07) is 7.20. The van der Waals surface area contributed by atoms with Crippen LogP contribution < -0.4 is 10.6 Å². The molecule has 1 aliphatic carbocycles. The number of amides is 2. The van der Waals surface area contributed by atoms with E-state index in [0.29, 0.717) is 44.6 Å². The molecular weight excluding hydrogens is 382 g/mol. The summed E-state index contributed by atoms with van der Waals surface area (Å²) in [4.78, 5) is 33.9. The fourth-order valence-electron chi connectivity index (χ4n) is 4.65. The fourth-order valence-corrected chi connectivity index (χ4v) is 4.65. The van der Waals surface area contributed by atoms with Gasteiger partial charge < -0.3 is 14.9 Å². The Labute approximate surface area is 174 Å². The maximum Gasteiger partial charge on any atom is 0.270 e. The number of carbonyl (C=O) groups excluding carboxylic acids is 2. The van der Waals surface area contributed by atoms with E-state index in [9.17, 15) is 14.7 Å². The predicted molar refractivity (Wildman–Crippen MR) is 111 cm³/mol. The van der Waals surface area contributed by atoms with Gasteiger partial charge in [-0.05, 0) is 36.6 Å². The molecule has 1 saturated heterocycles. The summed E-state index contributed by atoms with van der Waals surface area (Å²) in [5, 5.41) is 20.6. The molecule has 2 amide bonds. The van der Waals surface area contributed by atoms with Crippen molar-refractivity contribution in [2.75, 3.05) is 26.7 Å². The first-order valence-electron chi connectivity index (χ1n) is 10.5. The number of hydrogen-bond acceptors (Lipinski definition) is 6. The van der Waals surface area contributed by atoms with Gasteiger partial charge in [0.05, 0.1) is 22.6 Å². The van der Waals surface area contributed by atoms with Crippen LogP contribution in [0.3, 0.4) is 0 Å². The third-order valence-electron chi connectivity index (χ3n) is 6.56. The molecule has 30 heavy (non-hydrogen) atoms. The highest BCUT2D eigenvalue weighted by Crippen LogP contribution is 2.32. The third-order valence-corrected chi connectivity index (χ3v) is 6.56. The summed E-state index contributed by atoms with van der Waals surface area (Å²) < 4.78 is 0. The number of para-hydroxylation sites is 1. The molecule has 0 bridgehead atoms. The van der Waals surface area contributed by atoms with Crippen molar-refractivity contribution in [3.8, 4) is 0 Å². The number of aliphatic hydroxyl groups is 1. The Morgan fingerprint density at radius 3 is 2.80 bits per heavy atom. The van der Waals surface area contributed by atoms with Gasteiger partial charge in [0.15, 0.2) is 0 Å². The second-order valence-electron chi connectivity index (χ2n) is 8.70. The highest BCUT2D eigenvalue weighted by molar-refractivity contribution is 6.44. The summed E-state index contributed by atoms with van der Waals surface area (Å²) in [5.41, 5.74) is 0.439. The first-order chi connectivity index (χ1) is 14.4. The molecule has 2 fully saturated rings. The number of likely N-dealkylation sites (N-methyl/N-ethyl adjacent to an activating group) is 1. The molecule has 1 aromatic rings. The van der Waals surface area contributed by atoms with Crippen molar-refractivity contribution in [3.05, 3.63) is 34.8 Å². The molecule has 2 atom stereocenters.